The van der Waals surface area contributed by atoms with Gasteiger partial charge >= 0.3 is 5.97 Å². The molecule has 0 aliphatic carbocycles. The van der Waals surface area contributed by atoms with Crippen molar-refractivity contribution in [3.8, 4) is 0 Å². The summed E-state index contributed by atoms with van der Waals surface area (Å²) in [6.07, 6.45) is -1.67. The first-order valence-electron chi connectivity index (χ1n) is 16.9. The number of primary amides is 1. The van der Waals surface area contributed by atoms with E-state index in [2.05, 4.69) is 26.6 Å². The second-order valence-corrected chi connectivity index (χ2v) is 13.2. The van der Waals surface area contributed by atoms with Crippen LogP contribution in [0.25, 0.3) is 0 Å². The number of hydrogen-bond donors (Lipinski definition) is 12. The molecular weight excluding hydrogens is 706 g/mol. The van der Waals surface area contributed by atoms with E-state index in [-0.39, 0.29) is 18.9 Å². The monoisotopic (exact) mass is 759 g/mol. The second-order valence-electron chi connectivity index (χ2n) is 13.2. The van der Waals surface area contributed by atoms with Crippen molar-refractivity contribution in [3.05, 3.63) is 0 Å². The number of likely N-dealkylation sites (tertiary alicyclic amines) is 1. The first-order valence-corrected chi connectivity index (χ1v) is 16.9. The number of aliphatic hydroxyl groups is 3. The molecule has 8 unspecified atom stereocenters. The summed E-state index contributed by atoms with van der Waals surface area (Å²) in [4.78, 5) is 115. The van der Waals surface area contributed by atoms with Crippen LogP contribution in [0.4, 0.5) is 0 Å². The van der Waals surface area contributed by atoms with Crippen molar-refractivity contribution >= 4 is 53.2 Å². The lowest BCUT2D eigenvalue weighted by Crippen LogP contribution is -2.61. The number of carboxylic acids is 1. The number of amides is 8. The Kier molecular flexibility index (Phi) is 18.8. The van der Waals surface area contributed by atoms with Crippen LogP contribution in [-0.4, -0.2) is 153 Å². The maximum Gasteiger partial charge on any atom is 0.328 e. The summed E-state index contributed by atoms with van der Waals surface area (Å²) < 4.78 is 0. The Morgan fingerprint density at radius 2 is 1.26 bits per heavy atom. The molecule has 53 heavy (non-hydrogen) atoms. The van der Waals surface area contributed by atoms with Crippen LogP contribution in [0, 0.1) is 11.8 Å². The highest BCUT2D eigenvalue weighted by molar-refractivity contribution is 5.98. The van der Waals surface area contributed by atoms with E-state index in [1.807, 2.05) is 5.32 Å². The number of nitrogens with two attached hydrogens (primary N) is 2. The van der Waals surface area contributed by atoms with Crippen molar-refractivity contribution in [2.75, 3.05) is 26.3 Å². The standard InChI is InChI=1S/C31H53N9O13/c1-13(2)22(33)28(49)39-24(15(5)43)30(51)35-16(9-20(32)44)25(46)38-23(14(3)4)29(50)34-10-21(45)40-8-6-7-19(40)27(48)36-17(11-41)26(47)37-18(12-42)31(52)53/h13-19,22-24,41-43H,6-12,33H2,1-5H3,(H2,32,44)(H,34,50)(H,35,51)(H,36,48)(H,37,47)(H,38,46)(H,39,49)(H,52,53). The van der Waals surface area contributed by atoms with E-state index in [1.54, 1.807) is 27.7 Å². The molecule has 0 aromatic carbocycles. The second kappa shape index (κ2) is 21.6. The number of carboxylic acid groups (broad SMARTS) is 1. The fourth-order valence-corrected chi connectivity index (χ4v) is 5.05. The van der Waals surface area contributed by atoms with Crippen molar-refractivity contribution < 1.29 is 63.6 Å². The first kappa shape index (κ1) is 46.1. The average Bonchev–Trinajstić information content (AvgIpc) is 3.58. The summed E-state index contributed by atoms with van der Waals surface area (Å²) in [5.41, 5.74) is 11.1. The third-order valence-electron chi connectivity index (χ3n) is 8.27. The zero-order chi connectivity index (χ0) is 40.7. The molecule has 0 saturated carbocycles. The molecular formula is C31H53N9O13. The average molecular weight is 760 g/mol. The topological polar surface area (TPSA) is 362 Å². The molecule has 22 nitrogen and oxygen atoms in total. The summed E-state index contributed by atoms with van der Waals surface area (Å²) in [6, 6.07) is -10.00. The molecule has 22 heteroatoms. The van der Waals surface area contributed by atoms with E-state index in [0.717, 1.165) is 4.90 Å². The number of rotatable bonds is 21. The van der Waals surface area contributed by atoms with Gasteiger partial charge in [0, 0.05) is 6.54 Å². The van der Waals surface area contributed by atoms with Gasteiger partial charge in [-0.1, -0.05) is 27.7 Å². The molecule has 0 aromatic rings. The lowest BCUT2D eigenvalue weighted by molar-refractivity contribution is -0.144. The lowest BCUT2D eigenvalue weighted by atomic mass is 10.0. The molecule has 1 heterocycles. The minimum absolute atomic E-state index is 0.0878. The van der Waals surface area contributed by atoms with Crippen LogP contribution in [0.1, 0.15) is 53.9 Å². The van der Waals surface area contributed by atoms with Gasteiger partial charge in [0.2, 0.25) is 47.3 Å². The van der Waals surface area contributed by atoms with Crippen molar-refractivity contribution in [1.29, 1.82) is 0 Å². The summed E-state index contributed by atoms with van der Waals surface area (Å²) in [6.45, 7) is 5.21. The van der Waals surface area contributed by atoms with E-state index in [4.69, 9.17) is 21.7 Å². The van der Waals surface area contributed by atoms with E-state index >= 15 is 0 Å². The Hall–Kier alpha value is -4.93. The number of hydrogen-bond acceptors (Lipinski definition) is 13. The Labute approximate surface area is 305 Å². The Morgan fingerprint density at radius 3 is 1.75 bits per heavy atom. The van der Waals surface area contributed by atoms with Gasteiger partial charge in [0.1, 0.15) is 36.3 Å². The van der Waals surface area contributed by atoms with Gasteiger partial charge in [-0.25, -0.2) is 4.79 Å². The number of nitrogens with one attached hydrogen (secondary N) is 6. The van der Waals surface area contributed by atoms with Crippen molar-refractivity contribution in [2.45, 2.75) is 102 Å². The summed E-state index contributed by atoms with van der Waals surface area (Å²) in [5, 5.41) is 51.5. The molecule has 1 saturated heterocycles. The molecule has 8 atom stereocenters. The largest absolute Gasteiger partial charge is 0.480 e. The molecule has 8 amide bonds. The third-order valence-corrected chi connectivity index (χ3v) is 8.27. The third kappa shape index (κ3) is 14.2. The molecule has 0 aromatic heterocycles. The van der Waals surface area contributed by atoms with Crippen LogP contribution in [0.5, 0.6) is 0 Å². The highest BCUT2D eigenvalue weighted by Crippen LogP contribution is 2.18. The van der Waals surface area contributed by atoms with Crippen molar-refractivity contribution in [1.82, 2.24) is 36.8 Å². The zero-order valence-corrected chi connectivity index (χ0v) is 30.3. The van der Waals surface area contributed by atoms with Gasteiger partial charge in [-0.05, 0) is 31.6 Å². The maximum absolute atomic E-state index is 13.3. The molecule has 300 valence electrons. The van der Waals surface area contributed by atoms with Gasteiger partial charge in [0.25, 0.3) is 0 Å². The lowest BCUT2D eigenvalue weighted by Gasteiger charge is -2.28. The Bertz CT molecular complexity index is 1360. The Morgan fingerprint density at radius 1 is 0.717 bits per heavy atom. The highest BCUT2D eigenvalue weighted by atomic mass is 16.4. The SMILES string of the molecule is CC(C)C(N)C(=O)NC(C(=O)NC(CC(N)=O)C(=O)NC(C(=O)NCC(=O)N1CCCC1C(=O)NC(CO)C(=O)NC(CO)C(=O)O)C(C)C)C(C)O. The smallest absolute Gasteiger partial charge is 0.328 e. The van der Waals surface area contributed by atoms with Gasteiger partial charge in [-0.3, -0.25) is 38.4 Å². The van der Waals surface area contributed by atoms with E-state index in [9.17, 15) is 53.4 Å². The quantitative estimate of drug-likeness (QED) is 0.0518. The molecule has 1 aliphatic heterocycles. The van der Waals surface area contributed by atoms with Gasteiger partial charge in [0.05, 0.1) is 38.3 Å². The molecule has 1 fully saturated rings. The van der Waals surface area contributed by atoms with Crippen LogP contribution in [0.2, 0.25) is 0 Å². The van der Waals surface area contributed by atoms with Crippen molar-refractivity contribution in [2.24, 2.45) is 23.3 Å². The van der Waals surface area contributed by atoms with Gasteiger partial charge in [0.15, 0.2) is 0 Å². The van der Waals surface area contributed by atoms with Gasteiger partial charge in [-0.2, -0.15) is 0 Å². The molecule has 1 rings (SSSR count). The minimum atomic E-state index is -1.69. The Balaban J connectivity index is 2.98. The van der Waals surface area contributed by atoms with E-state index < -0.39 is 134 Å². The molecule has 0 radical (unpaired) electrons. The normalized spacial score (nSPS) is 18.0. The van der Waals surface area contributed by atoms with E-state index in [0.29, 0.717) is 6.42 Å². The van der Waals surface area contributed by atoms with Crippen LogP contribution < -0.4 is 43.4 Å². The predicted molar refractivity (Wildman–Crippen MR) is 182 cm³/mol. The van der Waals surface area contributed by atoms with Crippen molar-refractivity contribution in [3.63, 3.8) is 0 Å². The molecule has 0 bridgehead atoms. The first-order chi connectivity index (χ1) is 24.7. The highest BCUT2D eigenvalue weighted by Gasteiger charge is 2.38. The molecule has 14 N–H and O–H groups in total. The number of nitrogens with zero attached hydrogens (tertiary/aromatic N) is 1. The minimum Gasteiger partial charge on any atom is -0.480 e. The summed E-state index contributed by atoms with van der Waals surface area (Å²) >= 11 is 0. The van der Waals surface area contributed by atoms with Crippen LogP contribution >= 0.6 is 0 Å². The van der Waals surface area contributed by atoms with E-state index in [1.165, 1.54) is 6.92 Å². The van der Waals surface area contributed by atoms with Gasteiger partial charge in [-0.15, -0.1) is 0 Å². The summed E-state index contributed by atoms with van der Waals surface area (Å²) in [5.74, 6) is -9.82. The van der Waals surface area contributed by atoms with Gasteiger partial charge < -0.3 is 68.7 Å². The molecule has 1 aliphatic rings. The van der Waals surface area contributed by atoms with Crippen LogP contribution in [0.3, 0.4) is 0 Å². The predicted octanol–water partition coefficient (Wildman–Crippen LogP) is -6.52. The molecule has 0 spiro atoms. The zero-order valence-electron chi connectivity index (χ0n) is 30.3. The number of aliphatic carboxylic acids is 1. The number of aliphatic hydroxyl groups excluding tert-OH is 3. The fraction of sp³-hybridized carbons (Fsp3) is 0.710. The fourth-order valence-electron chi connectivity index (χ4n) is 5.05. The van der Waals surface area contributed by atoms with Crippen LogP contribution in [0.15, 0.2) is 0 Å². The van der Waals surface area contributed by atoms with Crippen LogP contribution in [-0.2, 0) is 43.2 Å². The number of carbonyl (C=O) groups is 9. The maximum atomic E-state index is 13.3. The number of carbonyl (C=O) groups excluding carboxylic acids is 8. The summed E-state index contributed by atoms with van der Waals surface area (Å²) in [7, 11) is 0.